The molecule has 2 aromatic rings. The predicted octanol–water partition coefficient (Wildman–Crippen LogP) is 2.72. The molecule has 0 unspecified atom stereocenters. The molecule has 0 saturated carbocycles. The Bertz CT molecular complexity index is 880. The molecule has 0 radical (unpaired) electrons. The van der Waals surface area contributed by atoms with E-state index in [1.807, 2.05) is 13.0 Å². The van der Waals surface area contributed by atoms with Crippen molar-refractivity contribution in [3.05, 3.63) is 70.8 Å². The number of nitrogens with one attached hydrogen (secondary N) is 2. The van der Waals surface area contributed by atoms with Crippen LogP contribution < -0.4 is 10.6 Å². The van der Waals surface area contributed by atoms with Crippen molar-refractivity contribution < 1.29 is 19.1 Å². The van der Waals surface area contributed by atoms with Crippen LogP contribution >= 0.6 is 0 Å². The van der Waals surface area contributed by atoms with E-state index in [0.29, 0.717) is 5.56 Å². The van der Waals surface area contributed by atoms with Gasteiger partial charge in [-0.3, -0.25) is 14.4 Å². The van der Waals surface area contributed by atoms with Gasteiger partial charge < -0.3 is 15.4 Å². The average Bonchev–Trinajstić information content (AvgIpc) is 2.76. The molecule has 0 aromatic heterocycles. The molecule has 0 aliphatic heterocycles. The van der Waals surface area contributed by atoms with Gasteiger partial charge in [-0.05, 0) is 61.4 Å². The molecule has 29 heavy (non-hydrogen) atoms. The minimum atomic E-state index is -0.661. The summed E-state index contributed by atoms with van der Waals surface area (Å²) in [6, 6.07) is 14.7. The fraction of sp³-hybridized carbons (Fsp3) is 0.348. The first kappa shape index (κ1) is 20.6. The van der Waals surface area contributed by atoms with Crippen molar-refractivity contribution in [3.8, 4) is 0 Å². The molecule has 2 N–H and O–H groups in total. The van der Waals surface area contributed by atoms with Gasteiger partial charge in [-0.2, -0.15) is 0 Å². The van der Waals surface area contributed by atoms with E-state index in [1.165, 1.54) is 24.0 Å². The smallest absolute Gasteiger partial charge is 0.325 e. The summed E-state index contributed by atoms with van der Waals surface area (Å²) >= 11 is 0. The summed E-state index contributed by atoms with van der Waals surface area (Å²) in [5.74, 6) is -1.41. The van der Waals surface area contributed by atoms with Gasteiger partial charge in [0.1, 0.15) is 6.54 Å². The molecule has 0 saturated heterocycles. The molecule has 0 bridgehead atoms. The van der Waals surface area contributed by atoms with E-state index >= 15 is 0 Å². The molecule has 0 spiro atoms. The normalized spacial score (nSPS) is 13.7. The van der Waals surface area contributed by atoms with Crippen molar-refractivity contribution >= 4 is 17.8 Å². The molecule has 0 fully saturated rings. The molecular formula is C23H26N2O4. The van der Waals surface area contributed by atoms with Crippen LogP contribution in [0.3, 0.4) is 0 Å². The van der Waals surface area contributed by atoms with Crippen LogP contribution in [0, 0.1) is 0 Å². The van der Waals surface area contributed by atoms with Gasteiger partial charge >= 0.3 is 5.97 Å². The summed E-state index contributed by atoms with van der Waals surface area (Å²) in [4.78, 5) is 35.8. The van der Waals surface area contributed by atoms with Crippen LogP contribution in [0.1, 0.15) is 52.9 Å². The number of benzene rings is 2. The molecular weight excluding hydrogens is 368 g/mol. The van der Waals surface area contributed by atoms with E-state index in [-0.39, 0.29) is 31.0 Å². The number of amides is 2. The quantitative estimate of drug-likeness (QED) is 0.707. The topological polar surface area (TPSA) is 84.5 Å². The number of hydrogen-bond donors (Lipinski definition) is 2. The summed E-state index contributed by atoms with van der Waals surface area (Å²) in [7, 11) is 0. The van der Waals surface area contributed by atoms with Gasteiger partial charge in [0.05, 0.1) is 6.04 Å². The van der Waals surface area contributed by atoms with E-state index < -0.39 is 5.97 Å². The molecule has 0 heterocycles. The lowest BCUT2D eigenvalue weighted by atomic mass is 9.89. The zero-order chi connectivity index (χ0) is 20.6. The predicted molar refractivity (Wildman–Crippen MR) is 109 cm³/mol. The summed E-state index contributed by atoms with van der Waals surface area (Å²) in [5, 5.41) is 5.32. The standard InChI is InChI=1S/C23H26N2O4/c1-16(19-12-11-17-7-5-6-10-20(17)13-19)25-21(26)15-29-22(27)14-24-23(28)18-8-3-2-4-9-18/h2-4,8-9,11-13,16H,5-7,10,14-15H2,1H3,(H,24,28)(H,25,26)/t16-/m0/s1. The second-order valence-corrected chi connectivity index (χ2v) is 7.23. The Morgan fingerprint density at radius 2 is 1.72 bits per heavy atom. The Morgan fingerprint density at radius 3 is 2.48 bits per heavy atom. The lowest BCUT2D eigenvalue weighted by Crippen LogP contribution is -2.34. The molecule has 2 amide bonds. The molecule has 6 heteroatoms. The van der Waals surface area contributed by atoms with E-state index in [4.69, 9.17) is 4.74 Å². The maximum atomic E-state index is 12.1. The summed E-state index contributed by atoms with van der Waals surface area (Å²) in [6.45, 7) is 1.24. The Hall–Kier alpha value is -3.15. The Labute approximate surface area is 170 Å². The number of hydrogen-bond acceptors (Lipinski definition) is 4. The van der Waals surface area contributed by atoms with Gasteiger partial charge in [-0.15, -0.1) is 0 Å². The van der Waals surface area contributed by atoms with Gasteiger partial charge in [-0.25, -0.2) is 0 Å². The number of carbonyl (C=O) groups excluding carboxylic acids is 3. The van der Waals surface area contributed by atoms with Crippen molar-refractivity contribution in [2.45, 2.75) is 38.6 Å². The van der Waals surface area contributed by atoms with Crippen molar-refractivity contribution in [2.24, 2.45) is 0 Å². The first-order valence-corrected chi connectivity index (χ1v) is 9.93. The van der Waals surface area contributed by atoms with Gasteiger partial charge in [0.25, 0.3) is 11.8 Å². The van der Waals surface area contributed by atoms with Crippen LogP contribution in [0.25, 0.3) is 0 Å². The molecule has 6 nitrogen and oxygen atoms in total. The molecule has 1 aliphatic rings. The molecule has 3 rings (SSSR count). The number of aryl methyl sites for hydroxylation is 2. The third-order valence-corrected chi connectivity index (χ3v) is 5.04. The molecule has 2 aromatic carbocycles. The molecule has 1 aliphatic carbocycles. The highest BCUT2D eigenvalue weighted by Crippen LogP contribution is 2.24. The van der Waals surface area contributed by atoms with Crippen molar-refractivity contribution in [1.82, 2.24) is 10.6 Å². The first-order chi connectivity index (χ1) is 14.0. The van der Waals surface area contributed by atoms with E-state index in [9.17, 15) is 14.4 Å². The number of ether oxygens (including phenoxy) is 1. The maximum Gasteiger partial charge on any atom is 0.325 e. The van der Waals surface area contributed by atoms with Crippen molar-refractivity contribution in [1.29, 1.82) is 0 Å². The largest absolute Gasteiger partial charge is 0.454 e. The van der Waals surface area contributed by atoms with Gasteiger partial charge in [0.2, 0.25) is 0 Å². The van der Waals surface area contributed by atoms with Gasteiger partial charge in [-0.1, -0.05) is 36.4 Å². The SMILES string of the molecule is C[C@H](NC(=O)COC(=O)CNC(=O)c1ccccc1)c1ccc2c(c1)CCCC2. The average molecular weight is 394 g/mol. The van der Waals surface area contributed by atoms with Crippen molar-refractivity contribution in [2.75, 3.05) is 13.2 Å². The van der Waals surface area contributed by atoms with E-state index in [2.05, 4.69) is 22.8 Å². The summed E-state index contributed by atoms with van der Waals surface area (Å²) in [5.41, 5.74) is 4.25. The lowest BCUT2D eigenvalue weighted by molar-refractivity contribution is -0.147. The third-order valence-electron chi connectivity index (χ3n) is 5.04. The number of esters is 1. The van der Waals surface area contributed by atoms with Crippen LogP contribution in [0.4, 0.5) is 0 Å². The van der Waals surface area contributed by atoms with Gasteiger partial charge in [0, 0.05) is 5.56 Å². The highest BCUT2D eigenvalue weighted by atomic mass is 16.5. The van der Waals surface area contributed by atoms with Crippen LogP contribution in [-0.4, -0.2) is 30.9 Å². The monoisotopic (exact) mass is 394 g/mol. The fourth-order valence-corrected chi connectivity index (χ4v) is 3.43. The lowest BCUT2D eigenvalue weighted by Gasteiger charge is -2.20. The molecule has 1 atom stereocenters. The summed E-state index contributed by atoms with van der Waals surface area (Å²) < 4.78 is 4.95. The second kappa shape index (κ2) is 9.87. The van der Waals surface area contributed by atoms with Crippen LogP contribution in [0.2, 0.25) is 0 Å². The highest BCUT2D eigenvalue weighted by molar-refractivity contribution is 5.96. The minimum Gasteiger partial charge on any atom is -0.454 e. The second-order valence-electron chi connectivity index (χ2n) is 7.23. The van der Waals surface area contributed by atoms with Crippen molar-refractivity contribution in [3.63, 3.8) is 0 Å². The van der Waals surface area contributed by atoms with Crippen LogP contribution in [-0.2, 0) is 27.2 Å². The zero-order valence-corrected chi connectivity index (χ0v) is 16.6. The maximum absolute atomic E-state index is 12.1. The number of carbonyl (C=O) groups is 3. The van der Waals surface area contributed by atoms with Crippen LogP contribution in [0.15, 0.2) is 48.5 Å². The van der Waals surface area contributed by atoms with E-state index in [0.717, 1.165) is 18.4 Å². The highest BCUT2D eigenvalue weighted by Gasteiger charge is 2.15. The van der Waals surface area contributed by atoms with Crippen LogP contribution in [0.5, 0.6) is 0 Å². The summed E-state index contributed by atoms with van der Waals surface area (Å²) in [6.07, 6.45) is 4.63. The molecule has 152 valence electrons. The fourth-order valence-electron chi connectivity index (χ4n) is 3.43. The Morgan fingerprint density at radius 1 is 1.00 bits per heavy atom. The zero-order valence-electron chi connectivity index (χ0n) is 16.6. The number of rotatable bonds is 7. The van der Waals surface area contributed by atoms with Gasteiger partial charge in [0.15, 0.2) is 6.61 Å². The van der Waals surface area contributed by atoms with E-state index in [1.54, 1.807) is 30.3 Å². The number of fused-ring (bicyclic) bond motifs is 1. The Balaban J connectivity index is 1.41. The minimum absolute atomic E-state index is 0.175. The first-order valence-electron chi connectivity index (χ1n) is 9.93. The Kier molecular flexibility index (Phi) is 7.00. The third kappa shape index (κ3) is 5.91.